The minimum Gasteiger partial charge on any atom is -0.487 e. The van der Waals surface area contributed by atoms with Crippen LogP contribution in [0.4, 0.5) is 10.5 Å². The highest BCUT2D eigenvalue weighted by Crippen LogP contribution is 2.17. The van der Waals surface area contributed by atoms with Crippen molar-refractivity contribution in [1.82, 2.24) is 15.2 Å². The third-order valence-corrected chi connectivity index (χ3v) is 5.63. The normalized spacial score (nSPS) is 13.1. The van der Waals surface area contributed by atoms with Gasteiger partial charge in [-0.2, -0.15) is 0 Å². The summed E-state index contributed by atoms with van der Waals surface area (Å²) in [6, 6.07) is 14.5. The number of hydrogen-bond acceptors (Lipinski definition) is 5. The Labute approximate surface area is 185 Å². The van der Waals surface area contributed by atoms with E-state index in [1.54, 1.807) is 23.7 Å². The molecular weight excluding hydrogens is 412 g/mol. The number of aromatic nitrogens is 1. The van der Waals surface area contributed by atoms with E-state index >= 15 is 0 Å². The molecule has 0 bridgehead atoms. The number of nitrogens with one attached hydrogen (secondary N) is 2. The van der Waals surface area contributed by atoms with Crippen LogP contribution >= 0.6 is 11.3 Å². The summed E-state index contributed by atoms with van der Waals surface area (Å²) >= 11 is 1.52. The highest BCUT2D eigenvalue weighted by atomic mass is 32.1. The average Bonchev–Trinajstić information content (AvgIpc) is 3.51. The van der Waals surface area contributed by atoms with E-state index in [1.165, 1.54) is 11.3 Å². The van der Waals surface area contributed by atoms with Gasteiger partial charge in [0.25, 0.3) is 5.91 Å². The quantitative estimate of drug-likeness (QED) is 0.579. The van der Waals surface area contributed by atoms with Crippen molar-refractivity contribution in [2.75, 3.05) is 18.4 Å². The molecule has 8 heteroatoms. The van der Waals surface area contributed by atoms with Crippen molar-refractivity contribution in [2.24, 2.45) is 0 Å². The van der Waals surface area contributed by atoms with E-state index in [9.17, 15) is 9.59 Å². The first kappa shape index (κ1) is 20.9. The van der Waals surface area contributed by atoms with E-state index in [0.717, 1.165) is 42.9 Å². The van der Waals surface area contributed by atoms with Gasteiger partial charge < -0.3 is 20.3 Å². The molecule has 0 spiro atoms. The molecule has 31 heavy (non-hydrogen) atoms. The van der Waals surface area contributed by atoms with Crippen LogP contribution in [0.15, 0.2) is 59.4 Å². The summed E-state index contributed by atoms with van der Waals surface area (Å²) in [5.74, 6) is 0.429. The largest absolute Gasteiger partial charge is 0.487 e. The van der Waals surface area contributed by atoms with Crippen LogP contribution in [0.3, 0.4) is 0 Å². The SMILES string of the molecule is O=C(NCc1cccc(NC(=O)N2CCCC2)c1)c1cccc(OCc2cscn2)c1. The summed E-state index contributed by atoms with van der Waals surface area (Å²) in [6.07, 6.45) is 2.10. The fraction of sp³-hybridized carbons (Fsp3) is 0.261. The van der Waals surface area contributed by atoms with Gasteiger partial charge in [0.1, 0.15) is 12.4 Å². The average molecular weight is 437 g/mol. The summed E-state index contributed by atoms with van der Waals surface area (Å²) in [5.41, 5.74) is 4.77. The Balaban J connectivity index is 1.31. The van der Waals surface area contributed by atoms with Gasteiger partial charge in [0, 0.05) is 36.3 Å². The number of rotatable bonds is 7. The second-order valence-corrected chi connectivity index (χ2v) is 8.02. The zero-order valence-electron chi connectivity index (χ0n) is 17.0. The van der Waals surface area contributed by atoms with Gasteiger partial charge in [-0.15, -0.1) is 11.3 Å². The number of amides is 3. The van der Waals surface area contributed by atoms with Gasteiger partial charge in [-0.1, -0.05) is 18.2 Å². The number of hydrogen-bond donors (Lipinski definition) is 2. The number of ether oxygens (including phenoxy) is 1. The fourth-order valence-electron chi connectivity index (χ4n) is 3.36. The molecule has 2 heterocycles. The van der Waals surface area contributed by atoms with Crippen LogP contribution < -0.4 is 15.4 Å². The van der Waals surface area contributed by atoms with Crippen molar-refractivity contribution >= 4 is 29.0 Å². The smallest absolute Gasteiger partial charge is 0.321 e. The van der Waals surface area contributed by atoms with E-state index in [0.29, 0.717) is 24.5 Å². The number of urea groups is 1. The monoisotopic (exact) mass is 436 g/mol. The lowest BCUT2D eigenvalue weighted by atomic mass is 10.1. The Hall–Kier alpha value is -3.39. The van der Waals surface area contributed by atoms with Crippen molar-refractivity contribution in [3.05, 3.63) is 76.2 Å². The number of carbonyl (C=O) groups is 2. The molecule has 3 aromatic rings. The maximum absolute atomic E-state index is 12.6. The van der Waals surface area contributed by atoms with Crippen LogP contribution in [0.5, 0.6) is 5.75 Å². The molecule has 0 saturated carbocycles. The first-order chi connectivity index (χ1) is 15.2. The van der Waals surface area contributed by atoms with Gasteiger partial charge in [0.15, 0.2) is 0 Å². The van der Waals surface area contributed by atoms with Gasteiger partial charge in [0.05, 0.1) is 11.2 Å². The van der Waals surface area contributed by atoms with Crippen molar-refractivity contribution in [2.45, 2.75) is 26.0 Å². The first-order valence-electron chi connectivity index (χ1n) is 10.2. The number of likely N-dealkylation sites (tertiary alicyclic amines) is 1. The molecule has 4 rings (SSSR count). The standard InChI is InChI=1S/C23H24N4O3S/c28-22(18-6-4-8-21(12-18)30-14-20-15-31-16-25-20)24-13-17-5-3-7-19(11-17)26-23(29)27-9-1-2-10-27/h3-8,11-12,15-16H,1-2,9-10,13-14H2,(H,24,28)(H,26,29). The predicted octanol–water partition coefficient (Wildman–Crippen LogP) is 4.28. The molecule has 1 fully saturated rings. The van der Waals surface area contributed by atoms with Crippen molar-refractivity contribution in [3.8, 4) is 5.75 Å². The number of benzene rings is 2. The second-order valence-electron chi connectivity index (χ2n) is 7.30. The maximum Gasteiger partial charge on any atom is 0.321 e. The van der Waals surface area contributed by atoms with Crippen LogP contribution in [0.2, 0.25) is 0 Å². The molecule has 1 aromatic heterocycles. The van der Waals surface area contributed by atoms with Crippen LogP contribution in [-0.2, 0) is 13.2 Å². The molecule has 1 aliphatic rings. The van der Waals surface area contributed by atoms with E-state index < -0.39 is 0 Å². The minimum absolute atomic E-state index is 0.0758. The number of thiazole rings is 1. The molecule has 160 valence electrons. The van der Waals surface area contributed by atoms with E-state index in [2.05, 4.69) is 15.6 Å². The molecule has 0 atom stereocenters. The van der Waals surface area contributed by atoms with Crippen molar-refractivity contribution in [1.29, 1.82) is 0 Å². The van der Waals surface area contributed by atoms with E-state index in [1.807, 2.05) is 40.6 Å². The molecule has 1 saturated heterocycles. The number of carbonyl (C=O) groups excluding carboxylic acids is 2. The molecule has 0 radical (unpaired) electrons. The van der Waals surface area contributed by atoms with Gasteiger partial charge in [-0.3, -0.25) is 4.79 Å². The highest BCUT2D eigenvalue weighted by molar-refractivity contribution is 7.07. The van der Waals surface area contributed by atoms with E-state index in [-0.39, 0.29) is 11.9 Å². The van der Waals surface area contributed by atoms with Crippen LogP contribution in [-0.4, -0.2) is 34.9 Å². The summed E-state index contributed by atoms with van der Waals surface area (Å²) in [5, 5.41) is 7.78. The predicted molar refractivity (Wildman–Crippen MR) is 120 cm³/mol. The lowest BCUT2D eigenvalue weighted by Crippen LogP contribution is -2.32. The lowest BCUT2D eigenvalue weighted by molar-refractivity contribution is 0.0950. The minimum atomic E-state index is -0.189. The summed E-state index contributed by atoms with van der Waals surface area (Å²) < 4.78 is 5.72. The summed E-state index contributed by atoms with van der Waals surface area (Å²) in [7, 11) is 0. The Morgan fingerprint density at radius 2 is 1.94 bits per heavy atom. The molecule has 1 aliphatic heterocycles. The Bertz CT molecular complexity index is 1030. The van der Waals surface area contributed by atoms with Gasteiger partial charge in [-0.25, -0.2) is 9.78 Å². The number of anilines is 1. The molecule has 2 aromatic carbocycles. The zero-order chi connectivity index (χ0) is 21.5. The summed E-state index contributed by atoms with van der Waals surface area (Å²) in [6.45, 7) is 2.32. The van der Waals surface area contributed by atoms with Gasteiger partial charge >= 0.3 is 6.03 Å². The molecule has 2 N–H and O–H groups in total. The highest BCUT2D eigenvalue weighted by Gasteiger charge is 2.17. The summed E-state index contributed by atoms with van der Waals surface area (Å²) in [4.78, 5) is 30.9. The van der Waals surface area contributed by atoms with Crippen molar-refractivity contribution < 1.29 is 14.3 Å². The fourth-order valence-corrected chi connectivity index (χ4v) is 3.90. The third-order valence-electron chi connectivity index (χ3n) is 4.99. The third kappa shape index (κ3) is 5.82. The van der Waals surface area contributed by atoms with Gasteiger partial charge in [-0.05, 0) is 48.7 Å². The van der Waals surface area contributed by atoms with Crippen LogP contribution in [0.25, 0.3) is 0 Å². The molecule has 7 nitrogen and oxygen atoms in total. The number of nitrogens with zero attached hydrogens (tertiary/aromatic N) is 2. The maximum atomic E-state index is 12.6. The molecule has 0 unspecified atom stereocenters. The first-order valence-corrected chi connectivity index (χ1v) is 11.1. The Morgan fingerprint density at radius 1 is 1.10 bits per heavy atom. The van der Waals surface area contributed by atoms with Crippen molar-refractivity contribution in [3.63, 3.8) is 0 Å². The molecular formula is C23H24N4O3S. The second kappa shape index (κ2) is 10.1. The zero-order valence-corrected chi connectivity index (χ0v) is 17.9. The topological polar surface area (TPSA) is 83.6 Å². The van der Waals surface area contributed by atoms with Crippen LogP contribution in [0, 0.1) is 0 Å². The van der Waals surface area contributed by atoms with Gasteiger partial charge in [0.2, 0.25) is 0 Å². The molecule has 3 amide bonds. The van der Waals surface area contributed by atoms with E-state index in [4.69, 9.17) is 4.74 Å². The Kier molecular flexibility index (Phi) is 6.78. The Morgan fingerprint density at radius 3 is 2.74 bits per heavy atom. The molecule has 0 aliphatic carbocycles. The van der Waals surface area contributed by atoms with Crippen LogP contribution in [0.1, 0.15) is 34.5 Å². The lowest BCUT2D eigenvalue weighted by Gasteiger charge is -2.16.